The van der Waals surface area contributed by atoms with Crippen molar-refractivity contribution in [2.45, 2.75) is 85.5 Å². The van der Waals surface area contributed by atoms with Crippen molar-refractivity contribution in [1.29, 1.82) is 0 Å². The van der Waals surface area contributed by atoms with E-state index < -0.39 is 0 Å². The Kier molecular flexibility index (Phi) is 7.21. The molecule has 4 rings (SSSR count). The van der Waals surface area contributed by atoms with Crippen LogP contribution in [0.3, 0.4) is 0 Å². The van der Waals surface area contributed by atoms with Crippen LogP contribution >= 0.6 is 0 Å². The second kappa shape index (κ2) is 10.2. The molecule has 0 spiro atoms. The lowest BCUT2D eigenvalue weighted by atomic mass is 10.0. The molecule has 0 aliphatic heterocycles. The normalized spacial score (nSPS) is 13.1. The van der Waals surface area contributed by atoms with E-state index in [0.29, 0.717) is 18.7 Å². The van der Waals surface area contributed by atoms with Gasteiger partial charge in [0.2, 0.25) is 0 Å². The summed E-state index contributed by atoms with van der Waals surface area (Å²) in [6, 6.07) is 9.96. The number of rotatable bonds is 10. The first kappa shape index (κ1) is 24.9. The number of hydrogen-bond acceptors (Lipinski definition) is 6. The zero-order valence-electron chi connectivity index (χ0n) is 21.6. The average molecular weight is 477 g/mol. The third-order valence-corrected chi connectivity index (χ3v) is 7.08. The van der Waals surface area contributed by atoms with Crippen LogP contribution in [0, 0.1) is 13.8 Å². The van der Waals surface area contributed by atoms with Crippen LogP contribution < -0.4 is 5.56 Å². The standard InChI is InChI=1S/C27H36N6O2/c1-7-10-24(25-29-30-31-33(25)27(5,6)8-2)32(17-22-11-9-12-35-22)16-21-15-20-13-18(3)19(4)14-23(20)28-26(21)34/h9,11-15,24H,7-8,10,16-17H2,1-6H3,(H,28,34). The molecular weight excluding hydrogens is 440 g/mol. The van der Waals surface area contributed by atoms with E-state index in [0.717, 1.165) is 47.3 Å². The van der Waals surface area contributed by atoms with Crippen LogP contribution in [0.1, 0.15) is 81.3 Å². The molecule has 8 nitrogen and oxygen atoms in total. The molecule has 0 fully saturated rings. The molecule has 35 heavy (non-hydrogen) atoms. The molecule has 0 saturated carbocycles. The lowest BCUT2D eigenvalue weighted by Crippen LogP contribution is -2.36. The Labute approximate surface area is 206 Å². The third-order valence-electron chi connectivity index (χ3n) is 7.08. The molecule has 0 saturated heterocycles. The monoisotopic (exact) mass is 476 g/mol. The van der Waals surface area contributed by atoms with Gasteiger partial charge in [-0.15, -0.1) is 5.10 Å². The highest BCUT2D eigenvalue weighted by Gasteiger charge is 2.32. The molecule has 186 valence electrons. The summed E-state index contributed by atoms with van der Waals surface area (Å²) in [5.74, 6) is 1.65. The van der Waals surface area contributed by atoms with Gasteiger partial charge in [0.15, 0.2) is 5.82 Å². The molecule has 8 heteroatoms. The number of nitrogens with zero attached hydrogens (tertiary/aromatic N) is 5. The van der Waals surface area contributed by atoms with E-state index >= 15 is 0 Å². The zero-order chi connectivity index (χ0) is 25.2. The summed E-state index contributed by atoms with van der Waals surface area (Å²) in [6.07, 6.45) is 4.38. The predicted molar refractivity (Wildman–Crippen MR) is 137 cm³/mol. The Bertz CT molecular complexity index is 1340. The van der Waals surface area contributed by atoms with Crippen LogP contribution in [-0.4, -0.2) is 30.1 Å². The van der Waals surface area contributed by atoms with Gasteiger partial charge in [0.05, 0.1) is 24.4 Å². The highest BCUT2D eigenvalue weighted by atomic mass is 16.3. The minimum Gasteiger partial charge on any atom is -0.468 e. The number of aryl methyl sites for hydroxylation is 2. The van der Waals surface area contributed by atoms with Crippen LogP contribution in [-0.2, 0) is 18.6 Å². The molecule has 3 heterocycles. The van der Waals surface area contributed by atoms with Gasteiger partial charge in [-0.3, -0.25) is 9.69 Å². The van der Waals surface area contributed by atoms with Crippen LogP contribution in [0.5, 0.6) is 0 Å². The highest BCUT2D eigenvalue weighted by Crippen LogP contribution is 2.31. The maximum Gasteiger partial charge on any atom is 0.252 e. The van der Waals surface area contributed by atoms with Crippen molar-refractivity contribution in [2.75, 3.05) is 0 Å². The molecule has 1 atom stereocenters. The van der Waals surface area contributed by atoms with E-state index in [9.17, 15) is 4.79 Å². The van der Waals surface area contributed by atoms with Crippen LogP contribution in [0.4, 0.5) is 0 Å². The van der Waals surface area contributed by atoms with Crippen molar-refractivity contribution in [3.63, 3.8) is 0 Å². The van der Waals surface area contributed by atoms with Crippen molar-refractivity contribution in [1.82, 2.24) is 30.1 Å². The fourth-order valence-electron chi connectivity index (χ4n) is 4.47. The second-order valence-electron chi connectivity index (χ2n) is 10.1. The molecule has 0 amide bonds. The average Bonchev–Trinajstić information content (AvgIpc) is 3.51. The minimum absolute atomic E-state index is 0.0751. The summed E-state index contributed by atoms with van der Waals surface area (Å²) in [4.78, 5) is 18.5. The molecule has 0 radical (unpaired) electrons. The molecule has 1 unspecified atom stereocenters. The molecule has 4 aromatic rings. The number of furan rings is 1. The van der Waals surface area contributed by atoms with E-state index in [-0.39, 0.29) is 17.1 Å². The Morgan fingerprint density at radius 3 is 2.60 bits per heavy atom. The lowest BCUT2D eigenvalue weighted by Gasteiger charge is -2.33. The highest BCUT2D eigenvalue weighted by molar-refractivity contribution is 5.80. The van der Waals surface area contributed by atoms with E-state index in [1.165, 1.54) is 5.56 Å². The summed E-state index contributed by atoms with van der Waals surface area (Å²) in [5.41, 5.74) is 3.63. The smallest absolute Gasteiger partial charge is 0.252 e. The van der Waals surface area contributed by atoms with E-state index in [4.69, 9.17) is 4.42 Å². The van der Waals surface area contributed by atoms with Gasteiger partial charge in [-0.05, 0) is 97.8 Å². The summed E-state index contributed by atoms with van der Waals surface area (Å²) in [6.45, 7) is 13.7. The SMILES string of the molecule is CCCC(c1nnnn1C(C)(C)CC)N(Cc1ccco1)Cc1cc2cc(C)c(C)cc2[nH]c1=O. The number of pyridine rings is 1. The van der Waals surface area contributed by atoms with Gasteiger partial charge in [-0.25, -0.2) is 4.68 Å². The van der Waals surface area contributed by atoms with E-state index in [2.05, 4.69) is 73.0 Å². The third kappa shape index (κ3) is 5.22. The zero-order valence-corrected chi connectivity index (χ0v) is 21.6. The molecule has 0 bridgehead atoms. The molecule has 0 aliphatic carbocycles. The number of hydrogen-bond donors (Lipinski definition) is 1. The first-order chi connectivity index (χ1) is 16.7. The van der Waals surface area contributed by atoms with E-state index in [1.807, 2.05) is 28.9 Å². The molecule has 3 aromatic heterocycles. The number of aromatic amines is 1. The lowest BCUT2D eigenvalue weighted by molar-refractivity contribution is 0.135. The quantitative estimate of drug-likeness (QED) is 0.329. The molecular formula is C27H36N6O2. The molecule has 0 aliphatic rings. The van der Waals surface area contributed by atoms with Crippen LogP contribution in [0.2, 0.25) is 0 Å². The van der Waals surface area contributed by atoms with Crippen LogP contribution in [0.15, 0.2) is 45.8 Å². The second-order valence-corrected chi connectivity index (χ2v) is 10.1. The van der Waals surface area contributed by atoms with Gasteiger partial charge in [-0.2, -0.15) is 0 Å². The van der Waals surface area contributed by atoms with Gasteiger partial charge >= 0.3 is 0 Å². The van der Waals surface area contributed by atoms with E-state index in [1.54, 1.807) is 6.26 Å². The maximum absolute atomic E-state index is 13.2. The maximum atomic E-state index is 13.2. The van der Waals surface area contributed by atoms with Gasteiger partial charge in [0, 0.05) is 17.6 Å². The summed E-state index contributed by atoms with van der Waals surface area (Å²) < 4.78 is 7.65. The fraction of sp³-hybridized carbons (Fsp3) is 0.481. The number of benzene rings is 1. The van der Waals surface area contributed by atoms with Gasteiger partial charge in [0.25, 0.3) is 5.56 Å². The van der Waals surface area contributed by atoms with Crippen molar-refractivity contribution < 1.29 is 4.42 Å². The first-order valence-electron chi connectivity index (χ1n) is 12.4. The van der Waals surface area contributed by atoms with Crippen molar-refractivity contribution >= 4 is 10.9 Å². The number of H-pyrrole nitrogens is 1. The van der Waals surface area contributed by atoms with Gasteiger partial charge in [0.1, 0.15) is 5.76 Å². The van der Waals surface area contributed by atoms with Crippen LogP contribution in [0.25, 0.3) is 10.9 Å². The number of aromatic nitrogens is 5. The predicted octanol–water partition coefficient (Wildman–Crippen LogP) is 5.41. The Morgan fingerprint density at radius 1 is 1.14 bits per heavy atom. The largest absolute Gasteiger partial charge is 0.468 e. The number of nitrogens with one attached hydrogen (secondary N) is 1. The van der Waals surface area contributed by atoms with Crippen molar-refractivity contribution in [2.24, 2.45) is 0 Å². The minimum atomic E-state index is -0.225. The Balaban J connectivity index is 1.78. The Hall–Kier alpha value is -3.26. The fourth-order valence-corrected chi connectivity index (χ4v) is 4.47. The molecule has 1 aromatic carbocycles. The topological polar surface area (TPSA) is 92.8 Å². The van der Waals surface area contributed by atoms with Gasteiger partial charge < -0.3 is 9.40 Å². The first-order valence-corrected chi connectivity index (χ1v) is 12.4. The summed E-state index contributed by atoms with van der Waals surface area (Å²) in [7, 11) is 0. The summed E-state index contributed by atoms with van der Waals surface area (Å²) in [5, 5.41) is 13.9. The molecule has 1 N–H and O–H groups in total. The number of tetrazole rings is 1. The number of fused-ring (bicyclic) bond motifs is 1. The van der Waals surface area contributed by atoms with Crippen molar-refractivity contribution in [3.8, 4) is 0 Å². The van der Waals surface area contributed by atoms with Crippen molar-refractivity contribution in [3.05, 3.63) is 75.2 Å². The summed E-state index contributed by atoms with van der Waals surface area (Å²) >= 11 is 0. The Morgan fingerprint density at radius 2 is 1.91 bits per heavy atom. The van der Waals surface area contributed by atoms with Gasteiger partial charge in [-0.1, -0.05) is 20.3 Å².